The van der Waals surface area contributed by atoms with Crippen molar-refractivity contribution in [3.63, 3.8) is 0 Å². The molecule has 0 fully saturated rings. The number of furan rings is 1. The van der Waals surface area contributed by atoms with Crippen LogP contribution < -0.4 is 5.32 Å². The highest BCUT2D eigenvalue weighted by Crippen LogP contribution is 2.38. The Morgan fingerprint density at radius 3 is 2.06 bits per heavy atom. The van der Waals surface area contributed by atoms with E-state index in [1.165, 1.54) is 24.3 Å². The molecule has 1 N–H and O–H groups in total. The molecule has 1 aromatic heterocycles. The summed E-state index contributed by atoms with van der Waals surface area (Å²) in [6, 6.07) is 27.0. The lowest BCUT2D eigenvalue weighted by atomic mass is 9.94. The molecule has 5 rings (SSSR count). The number of hydrogen-bond acceptors (Lipinski definition) is 3. The molecule has 0 bridgehead atoms. The van der Waals surface area contributed by atoms with Crippen LogP contribution >= 0.6 is 0 Å². The van der Waals surface area contributed by atoms with Gasteiger partial charge in [0.05, 0.1) is 16.9 Å². The van der Waals surface area contributed by atoms with E-state index in [1.807, 2.05) is 30.3 Å². The molecule has 0 unspecified atom stereocenters. The van der Waals surface area contributed by atoms with Crippen LogP contribution in [0.25, 0.3) is 17.2 Å². The average molecular weight is 471 g/mol. The Bertz CT molecular complexity index is 1510. The summed E-state index contributed by atoms with van der Waals surface area (Å²) in [5, 5.41) is 3.17. The third-order valence-electron chi connectivity index (χ3n) is 5.29. The van der Waals surface area contributed by atoms with Gasteiger partial charge in [0.1, 0.15) is 11.6 Å². The molecule has 1 aliphatic rings. The Labute approximate surface area is 196 Å². The third-order valence-corrected chi connectivity index (χ3v) is 6.58. The third kappa shape index (κ3) is 4.33. The van der Waals surface area contributed by atoms with Crippen LogP contribution in [0.2, 0.25) is 0 Å². The molecule has 0 saturated carbocycles. The van der Waals surface area contributed by atoms with Crippen molar-refractivity contribution in [1.82, 2.24) is 5.32 Å². The molecule has 2 heterocycles. The largest absolute Gasteiger partial charge is 0.465 e. The van der Waals surface area contributed by atoms with E-state index in [-0.39, 0.29) is 10.7 Å². The first-order valence-electron chi connectivity index (χ1n) is 10.5. The van der Waals surface area contributed by atoms with Crippen molar-refractivity contribution in [2.24, 2.45) is 4.40 Å². The average Bonchev–Trinajstić information content (AvgIpc) is 3.49. The summed E-state index contributed by atoms with van der Waals surface area (Å²) in [5.41, 5.74) is 3.35. The van der Waals surface area contributed by atoms with Gasteiger partial charge in [-0.25, -0.2) is 4.39 Å². The van der Waals surface area contributed by atoms with Crippen molar-refractivity contribution < 1.29 is 17.2 Å². The number of rotatable bonds is 5. The fraction of sp³-hybridized carbons (Fsp3) is 0. The van der Waals surface area contributed by atoms with E-state index < -0.39 is 15.8 Å². The maximum atomic E-state index is 13.7. The summed E-state index contributed by atoms with van der Waals surface area (Å²) < 4.78 is 49.7. The standard InChI is InChI=1S/C27H19FN2O3S/c28-21-15-13-20(14-16-21)26-25(19-8-3-1-4-9-19)24(18-22-10-7-17-33-22)29-27(26)30-34(31,32)23-11-5-2-6-12-23/h1-18H,(H,29,30)/b24-18-. The molecule has 34 heavy (non-hydrogen) atoms. The van der Waals surface area contributed by atoms with Crippen LogP contribution in [0.5, 0.6) is 0 Å². The van der Waals surface area contributed by atoms with Crippen molar-refractivity contribution in [3.8, 4) is 0 Å². The Morgan fingerprint density at radius 2 is 1.41 bits per heavy atom. The molecule has 0 radical (unpaired) electrons. The van der Waals surface area contributed by atoms with E-state index in [2.05, 4.69) is 9.71 Å². The van der Waals surface area contributed by atoms with Crippen molar-refractivity contribution in [3.05, 3.63) is 132 Å². The highest BCUT2D eigenvalue weighted by Gasteiger charge is 2.30. The molecule has 0 amide bonds. The zero-order valence-corrected chi connectivity index (χ0v) is 18.7. The van der Waals surface area contributed by atoms with Gasteiger partial charge in [0.15, 0.2) is 5.84 Å². The van der Waals surface area contributed by atoms with Crippen LogP contribution in [0.4, 0.5) is 4.39 Å². The van der Waals surface area contributed by atoms with Crippen molar-refractivity contribution >= 4 is 33.1 Å². The molecule has 3 aromatic carbocycles. The Morgan fingerprint density at radius 1 is 0.765 bits per heavy atom. The van der Waals surface area contributed by atoms with E-state index >= 15 is 0 Å². The number of allylic oxidation sites excluding steroid dienone is 1. The molecule has 1 aliphatic heterocycles. The minimum Gasteiger partial charge on any atom is -0.465 e. The van der Waals surface area contributed by atoms with Crippen LogP contribution in [0, 0.1) is 5.82 Å². The summed E-state index contributed by atoms with van der Waals surface area (Å²) in [6.45, 7) is 0. The van der Waals surface area contributed by atoms with E-state index in [9.17, 15) is 12.8 Å². The summed E-state index contributed by atoms with van der Waals surface area (Å²) in [5.74, 6) is 0.340. The molecule has 7 heteroatoms. The Balaban J connectivity index is 1.78. The van der Waals surface area contributed by atoms with Gasteiger partial charge in [-0.3, -0.25) is 0 Å². The fourth-order valence-corrected chi connectivity index (χ4v) is 4.75. The van der Waals surface area contributed by atoms with E-state index in [4.69, 9.17) is 4.42 Å². The summed E-state index contributed by atoms with van der Waals surface area (Å²) in [6.07, 6.45) is 3.34. The first-order valence-corrected chi connectivity index (χ1v) is 11.9. The molecule has 0 atom stereocenters. The number of benzene rings is 3. The first-order chi connectivity index (χ1) is 16.5. The van der Waals surface area contributed by atoms with Gasteiger partial charge in [-0.2, -0.15) is 8.42 Å². The quantitative estimate of drug-likeness (QED) is 0.403. The summed E-state index contributed by atoms with van der Waals surface area (Å²) in [4.78, 5) is 0.0764. The van der Waals surface area contributed by atoms with Crippen LogP contribution in [0.3, 0.4) is 0 Å². The second kappa shape index (κ2) is 8.96. The summed E-state index contributed by atoms with van der Waals surface area (Å²) >= 11 is 0. The lowest BCUT2D eigenvalue weighted by molar-refractivity contribution is 0.556. The van der Waals surface area contributed by atoms with Crippen molar-refractivity contribution in [1.29, 1.82) is 0 Å². The van der Waals surface area contributed by atoms with Gasteiger partial charge in [0.2, 0.25) is 0 Å². The second-order valence-electron chi connectivity index (χ2n) is 7.55. The lowest BCUT2D eigenvalue weighted by Crippen LogP contribution is -2.19. The van der Waals surface area contributed by atoms with E-state index in [1.54, 1.807) is 54.8 Å². The lowest BCUT2D eigenvalue weighted by Gasteiger charge is -2.08. The maximum absolute atomic E-state index is 13.7. The van der Waals surface area contributed by atoms with Gasteiger partial charge in [0.25, 0.3) is 10.0 Å². The summed E-state index contributed by atoms with van der Waals surface area (Å²) in [7, 11) is -4.02. The molecule has 4 aromatic rings. The molecule has 0 spiro atoms. The van der Waals surface area contributed by atoms with Gasteiger partial charge >= 0.3 is 0 Å². The topological polar surface area (TPSA) is 71.7 Å². The monoisotopic (exact) mass is 470 g/mol. The number of amidine groups is 1. The van der Waals surface area contributed by atoms with E-state index in [0.29, 0.717) is 22.6 Å². The first kappa shape index (κ1) is 21.6. The minimum absolute atomic E-state index is 0.0764. The van der Waals surface area contributed by atoms with Gasteiger partial charge in [-0.05, 0) is 47.5 Å². The molecular weight excluding hydrogens is 451 g/mol. The van der Waals surface area contributed by atoms with Crippen LogP contribution in [0.15, 0.2) is 123 Å². The van der Waals surface area contributed by atoms with Gasteiger partial charge in [-0.1, -0.05) is 60.7 Å². The number of nitrogens with zero attached hydrogens (tertiary/aromatic N) is 1. The molecule has 168 valence electrons. The molecule has 0 saturated heterocycles. The van der Waals surface area contributed by atoms with Crippen molar-refractivity contribution in [2.75, 3.05) is 0 Å². The fourth-order valence-electron chi connectivity index (χ4n) is 3.77. The van der Waals surface area contributed by atoms with Crippen LogP contribution in [-0.4, -0.2) is 14.3 Å². The highest BCUT2D eigenvalue weighted by molar-refractivity contribution is 7.90. The Hall–Kier alpha value is -4.23. The minimum atomic E-state index is -4.02. The van der Waals surface area contributed by atoms with Gasteiger partial charge in [-0.15, -0.1) is 4.40 Å². The van der Waals surface area contributed by atoms with Crippen LogP contribution in [0.1, 0.15) is 16.9 Å². The van der Waals surface area contributed by atoms with E-state index in [0.717, 1.165) is 11.1 Å². The number of halogens is 1. The van der Waals surface area contributed by atoms with Crippen molar-refractivity contribution in [2.45, 2.75) is 4.90 Å². The number of nitrogens with one attached hydrogen (secondary N) is 1. The SMILES string of the molecule is O=S(=O)(/N=C1/N/C(=C\c2ccco2)C(c2ccccc2)=C1c1ccc(F)cc1)c1ccccc1. The molecule has 5 nitrogen and oxygen atoms in total. The predicted octanol–water partition coefficient (Wildman–Crippen LogP) is 5.76. The molecular formula is C27H19FN2O3S. The smallest absolute Gasteiger partial charge is 0.284 e. The number of sulfonamides is 1. The number of hydrogen-bond donors (Lipinski definition) is 1. The second-order valence-corrected chi connectivity index (χ2v) is 9.15. The van der Waals surface area contributed by atoms with Crippen LogP contribution in [-0.2, 0) is 10.0 Å². The van der Waals surface area contributed by atoms with Gasteiger partial charge in [0, 0.05) is 17.2 Å². The zero-order valence-electron chi connectivity index (χ0n) is 17.9. The normalized spacial score (nSPS) is 16.3. The zero-order chi connectivity index (χ0) is 23.5. The highest BCUT2D eigenvalue weighted by atomic mass is 32.2. The predicted molar refractivity (Wildman–Crippen MR) is 131 cm³/mol. The van der Waals surface area contributed by atoms with Gasteiger partial charge < -0.3 is 9.73 Å². The maximum Gasteiger partial charge on any atom is 0.284 e. The molecule has 0 aliphatic carbocycles. The Kier molecular flexibility index (Phi) is 5.69.